The van der Waals surface area contributed by atoms with Crippen LogP contribution in [0.5, 0.6) is 0 Å². The Bertz CT molecular complexity index is 1120. The molecule has 1 aliphatic rings. The number of anilines is 1. The first-order chi connectivity index (χ1) is 15.5. The van der Waals surface area contributed by atoms with Crippen LogP contribution < -0.4 is 10.2 Å². The van der Waals surface area contributed by atoms with E-state index in [-0.39, 0.29) is 49.7 Å². The van der Waals surface area contributed by atoms with Gasteiger partial charge < -0.3 is 10.2 Å². The SMILES string of the molecule is O=C(NCCS(=O)(=O)N1CCN(c2cccc(C(F)(F)F)c2)CC1)c1ccc([N+](=O)[O-])cc1. The van der Waals surface area contributed by atoms with Gasteiger partial charge in [-0.15, -0.1) is 0 Å². The van der Waals surface area contributed by atoms with E-state index in [0.717, 1.165) is 12.1 Å². The summed E-state index contributed by atoms with van der Waals surface area (Å²) in [5.74, 6) is -0.913. The number of nitrogens with one attached hydrogen (secondary N) is 1. The van der Waals surface area contributed by atoms with Crippen molar-refractivity contribution < 1.29 is 31.3 Å². The molecule has 0 saturated carbocycles. The zero-order valence-electron chi connectivity index (χ0n) is 17.3. The number of non-ortho nitro benzene ring substituents is 1. The molecule has 178 valence electrons. The molecule has 9 nitrogen and oxygen atoms in total. The lowest BCUT2D eigenvalue weighted by atomic mass is 10.1. The number of nitrogens with zero attached hydrogens (tertiary/aromatic N) is 3. The maximum absolute atomic E-state index is 12.9. The largest absolute Gasteiger partial charge is 0.416 e. The van der Waals surface area contributed by atoms with Gasteiger partial charge in [-0.25, -0.2) is 8.42 Å². The van der Waals surface area contributed by atoms with Gasteiger partial charge in [0.25, 0.3) is 11.6 Å². The second-order valence-electron chi connectivity index (χ2n) is 7.31. The number of hydrogen-bond donors (Lipinski definition) is 1. The monoisotopic (exact) mass is 486 g/mol. The van der Waals surface area contributed by atoms with Gasteiger partial charge in [0.2, 0.25) is 10.0 Å². The Morgan fingerprint density at radius 3 is 2.27 bits per heavy atom. The van der Waals surface area contributed by atoms with E-state index in [1.165, 1.54) is 34.6 Å². The summed E-state index contributed by atoms with van der Waals surface area (Å²) in [6, 6.07) is 9.78. The van der Waals surface area contributed by atoms with Crippen molar-refractivity contribution in [3.8, 4) is 0 Å². The number of piperazine rings is 1. The lowest BCUT2D eigenvalue weighted by Gasteiger charge is -2.35. The van der Waals surface area contributed by atoms with Crippen molar-refractivity contribution in [1.29, 1.82) is 0 Å². The highest BCUT2D eigenvalue weighted by Gasteiger charge is 2.32. The van der Waals surface area contributed by atoms with Gasteiger partial charge >= 0.3 is 6.18 Å². The molecular weight excluding hydrogens is 465 g/mol. The topological polar surface area (TPSA) is 113 Å². The Morgan fingerprint density at radius 2 is 1.70 bits per heavy atom. The third-order valence-corrected chi connectivity index (χ3v) is 7.03. The summed E-state index contributed by atoms with van der Waals surface area (Å²) in [4.78, 5) is 23.9. The fourth-order valence-corrected chi connectivity index (χ4v) is 4.70. The van der Waals surface area contributed by atoms with Crippen molar-refractivity contribution in [2.75, 3.05) is 43.4 Å². The van der Waals surface area contributed by atoms with Crippen molar-refractivity contribution in [2.45, 2.75) is 6.18 Å². The minimum Gasteiger partial charge on any atom is -0.369 e. The zero-order valence-corrected chi connectivity index (χ0v) is 18.1. The number of nitro groups is 1. The van der Waals surface area contributed by atoms with Crippen LogP contribution in [0, 0.1) is 10.1 Å². The van der Waals surface area contributed by atoms with Gasteiger partial charge in [0.05, 0.1) is 16.2 Å². The molecule has 1 saturated heterocycles. The van der Waals surface area contributed by atoms with Gasteiger partial charge in [0.1, 0.15) is 0 Å². The number of carbonyl (C=O) groups is 1. The highest BCUT2D eigenvalue weighted by molar-refractivity contribution is 7.89. The second kappa shape index (κ2) is 9.75. The molecule has 0 bridgehead atoms. The van der Waals surface area contributed by atoms with E-state index in [9.17, 15) is 36.5 Å². The molecule has 3 rings (SSSR count). The highest BCUT2D eigenvalue weighted by atomic mass is 32.2. The molecule has 0 atom stereocenters. The molecule has 1 heterocycles. The fraction of sp³-hybridized carbons (Fsp3) is 0.350. The van der Waals surface area contributed by atoms with Crippen LogP contribution >= 0.6 is 0 Å². The van der Waals surface area contributed by atoms with E-state index in [4.69, 9.17) is 0 Å². The molecule has 0 radical (unpaired) electrons. The molecule has 1 aliphatic heterocycles. The first kappa shape index (κ1) is 24.5. The maximum Gasteiger partial charge on any atom is 0.416 e. The molecule has 13 heteroatoms. The van der Waals surface area contributed by atoms with Crippen molar-refractivity contribution >= 4 is 27.3 Å². The number of carbonyl (C=O) groups excluding carboxylic acids is 1. The van der Waals surface area contributed by atoms with E-state index >= 15 is 0 Å². The Morgan fingerprint density at radius 1 is 1.06 bits per heavy atom. The summed E-state index contributed by atoms with van der Waals surface area (Å²) >= 11 is 0. The summed E-state index contributed by atoms with van der Waals surface area (Å²) in [7, 11) is -3.69. The van der Waals surface area contributed by atoms with E-state index in [1.807, 2.05) is 0 Å². The summed E-state index contributed by atoms with van der Waals surface area (Å²) in [5, 5.41) is 13.1. The number of benzene rings is 2. The highest BCUT2D eigenvalue weighted by Crippen LogP contribution is 2.32. The molecule has 0 spiro atoms. The van der Waals surface area contributed by atoms with Gasteiger partial charge in [0.15, 0.2) is 0 Å². The van der Waals surface area contributed by atoms with Crippen LogP contribution in [-0.2, 0) is 16.2 Å². The Labute approximate surface area is 188 Å². The summed E-state index contributed by atoms with van der Waals surface area (Å²) in [6.07, 6.45) is -4.46. The van der Waals surface area contributed by atoms with Gasteiger partial charge in [-0.2, -0.15) is 17.5 Å². The maximum atomic E-state index is 12.9. The van der Waals surface area contributed by atoms with Gasteiger partial charge in [0, 0.05) is 56.1 Å². The molecule has 2 aromatic rings. The third kappa shape index (κ3) is 6.20. The van der Waals surface area contributed by atoms with Crippen LogP contribution in [0.25, 0.3) is 0 Å². The summed E-state index contributed by atoms with van der Waals surface area (Å²) in [5.41, 5.74) is -0.401. The minimum absolute atomic E-state index is 0.106. The predicted molar refractivity (Wildman–Crippen MR) is 114 cm³/mol. The number of halogens is 3. The number of rotatable bonds is 7. The molecule has 1 amide bonds. The van der Waals surface area contributed by atoms with Crippen LogP contribution in [0.3, 0.4) is 0 Å². The van der Waals surface area contributed by atoms with Crippen LogP contribution in [0.2, 0.25) is 0 Å². The van der Waals surface area contributed by atoms with E-state index < -0.39 is 32.6 Å². The zero-order chi connectivity index (χ0) is 24.2. The first-order valence-corrected chi connectivity index (χ1v) is 11.5. The second-order valence-corrected chi connectivity index (χ2v) is 9.40. The molecule has 33 heavy (non-hydrogen) atoms. The molecule has 0 unspecified atom stereocenters. The van der Waals surface area contributed by atoms with Gasteiger partial charge in [-0.3, -0.25) is 14.9 Å². The average Bonchev–Trinajstić information content (AvgIpc) is 2.78. The number of amides is 1. The molecule has 0 aliphatic carbocycles. The van der Waals surface area contributed by atoms with E-state index in [1.54, 1.807) is 11.0 Å². The number of sulfonamides is 1. The fourth-order valence-electron chi connectivity index (χ4n) is 3.36. The normalized spacial score (nSPS) is 15.3. The Balaban J connectivity index is 1.51. The van der Waals surface area contributed by atoms with Crippen LogP contribution in [0.4, 0.5) is 24.5 Å². The smallest absolute Gasteiger partial charge is 0.369 e. The van der Waals surface area contributed by atoms with Crippen molar-refractivity contribution in [3.63, 3.8) is 0 Å². The van der Waals surface area contributed by atoms with Crippen molar-refractivity contribution in [3.05, 3.63) is 69.8 Å². The van der Waals surface area contributed by atoms with E-state index in [0.29, 0.717) is 5.69 Å². The number of hydrogen-bond acceptors (Lipinski definition) is 6. The van der Waals surface area contributed by atoms with Crippen molar-refractivity contribution in [1.82, 2.24) is 9.62 Å². The average molecular weight is 486 g/mol. The van der Waals surface area contributed by atoms with Gasteiger partial charge in [-0.1, -0.05) is 6.07 Å². The number of nitro benzene ring substituents is 1. The van der Waals surface area contributed by atoms with Gasteiger partial charge in [-0.05, 0) is 30.3 Å². The number of alkyl halides is 3. The van der Waals surface area contributed by atoms with E-state index in [2.05, 4.69) is 5.32 Å². The van der Waals surface area contributed by atoms with Crippen LogP contribution in [0.15, 0.2) is 48.5 Å². The minimum atomic E-state index is -4.46. The standard InChI is InChI=1S/C20H21F3N4O5S/c21-20(22,23)16-2-1-3-18(14-16)25-9-11-26(12-10-25)33(31,32)13-8-24-19(28)15-4-6-17(7-5-15)27(29)30/h1-7,14H,8-13H2,(H,24,28). The van der Waals surface area contributed by atoms with Crippen LogP contribution in [0.1, 0.15) is 15.9 Å². The molecule has 2 aromatic carbocycles. The van der Waals surface area contributed by atoms with Crippen molar-refractivity contribution in [2.24, 2.45) is 0 Å². The van der Waals surface area contributed by atoms with Crippen LogP contribution in [-0.4, -0.2) is 62.0 Å². The molecule has 1 fully saturated rings. The summed E-state index contributed by atoms with van der Waals surface area (Å²) < 4.78 is 65.2. The Kier molecular flexibility index (Phi) is 7.22. The first-order valence-electron chi connectivity index (χ1n) is 9.90. The Hall–Kier alpha value is -3.19. The third-order valence-electron chi connectivity index (χ3n) is 5.16. The predicted octanol–water partition coefficient (Wildman–Crippen LogP) is 2.50. The lowest BCUT2D eigenvalue weighted by molar-refractivity contribution is -0.384. The molecule has 0 aromatic heterocycles. The summed E-state index contributed by atoms with van der Waals surface area (Å²) in [6.45, 7) is 0.515. The molecule has 1 N–H and O–H groups in total. The lowest BCUT2D eigenvalue weighted by Crippen LogP contribution is -2.50. The quantitative estimate of drug-likeness (QED) is 0.475. The molecular formula is C20H21F3N4O5S.